The number of ether oxygens (including phenoxy) is 1. The smallest absolute Gasteiger partial charge is 0.119 e. The Morgan fingerprint density at radius 1 is 1.43 bits per heavy atom. The monoisotopic (exact) mass is 188 g/mol. The Bertz CT molecular complexity index is 360. The van der Waals surface area contributed by atoms with E-state index in [1.54, 1.807) is 7.11 Å². The zero-order valence-corrected chi connectivity index (χ0v) is 8.24. The molecule has 14 heavy (non-hydrogen) atoms. The van der Waals surface area contributed by atoms with E-state index in [1.807, 2.05) is 37.3 Å². The van der Waals surface area contributed by atoms with Crippen LogP contribution in [0.4, 0.5) is 5.69 Å². The minimum absolute atomic E-state index is 0.817. The number of hydrogen-bond acceptors (Lipinski definition) is 3. The maximum atomic E-state index is 8.41. The zero-order valence-electron chi connectivity index (χ0n) is 8.24. The Kier molecular flexibility index (Phi) is 3.57. The second kappa shape index (κ2) is 4.93. The lowest BCUT2D eigenvalue weighted by Crippen LogP contribution is -1.94. The van der Waals surface area contributed by atoms with E-state index in [0.29, 0.717) is 0 Å². The van der Waals surface area contributed by atoms with E-state index in [9.17, 15) is 0 Å². The molecule has 1 rings (SSSR count). The van der Waals surface area contributed by atoms with E-state index < -0.39 is 0 Å². The highest BCUT2D eigenvalue weighted by molar-refractivity contribution is 5.50. The largest absolute Gasteiger partial charge is 0.497 e. The highest BCUT2D eigenvalue weighted by Gasteiger charge is 1.93. The van der Waals surface area contributed by atoms with Crippen LogP contribution in [0.1, 0.15) is 6.92 Å². The summed E-state index contributed by atoms with van der Waals surface area (Å²) in [7, 11) is 1.63. The maximum absolute atomic E-state index is 8.41. The van der Waals surface area contributed by atoms with E-state index in [-0.39, 0.29) is 0 Å². The van der Waals surface area contributed by atoms with Gasteiger partial charge in [0.1, 0.15) is 5.75 Å². The van der Waals surface area contributed by atoms with Crippen LogP contribution in [0.2, 0.25) is 0 Å². The molecule has 0 atom stereocenters. The van der Waals surface area contributed by atoms with Gasteiger partial charge in [-0.1, -0.05) is 0 Å². The van der Waals surface area contributed by atoms with Gasteiger partial charge in [0, 0.05) is 17.5 Å². The zero-order chi connectivity index (χ0) is 10.4. The minimum Gasteiger partial charge on any atom is -0.497 e. The third-order valence-corrected chi connectivity index (χ3v) is 1.71. The van der Waals surface area contributed by atoms with Crippen molar-refractivity contribution in [3.05, 3.63) is 36.0 Å². The number of allylic oxidation sites excluding steroid dienone is 2. The van der Waals surface area contributed by atoms with E-state index in [1.165, 1.54) is 6.08 Å². The van der Waals surface area contributed by atoms with Gasteiger partial charge in [-0.3, -0.25) is 0 Å². The molecule has 1 aromatic rings. The van der Waals surface area contributed by atoms with Crippen LogP contribution in [0.5, 0.6) is 5.75 Å². The number of methoxy groups -OCH3 is 1. The second-order valence-corrected chi connectivity index (χ2v) is 2.81. The molecule has 0 aromatic heterocycles. The molecule has 0 heterocycles. The van der Waals surface area contributed by atoms with Crippen LogP contribution in [0, 0.1) is 11.3 Å². The van der Waals surface area contributed by atoms with Crippen molar-refractivity contribution in [3.8, 4) is 11.8 Å². The molecule has 3 heteroatoms. The summed E-state index contributed by atoms with van der Waals surface area (Å²) in [5, 5.41) is 11.5. The number of nitrogens with one attached hydrogen (secondary N) is 1. The van der Waals surface area contributed by atoms with Crippen LogP contribution in [0.25, 0.3) is 0 Å². The molecule has 0 aliphatic heterocycles. The van der Waals surface area contributed by atoms with Gasteiger partial charge in [0.05, 0.1) is 13.2 Å². The first-order chi connectivity index (χ1) is 6.76. The van der Waals surface area contributed by atoms with E-state index >= 15 is 0 Å². The molecule has 0 unspecified atom stereocenters. The molecule has 0 fully saturated rings. The SMILES string of the molecule is COc1ccc(N/C(C)=C\C#N)cc1. The van der Waals surface area contributed by atoms with Crippen molar-refractivity contribution in [1.82, 2.24) is 0 Å². The predicted molar refractivity (Wildman–Crippen MR) is 56.0 cm³/mol. The lowest BCUT2D eigenvalue weighted by atomic mass is 10.3. The number of rotatable bonds is 3. The molecule has 0 aliphatic rings. The van der Waals surface area contributed by atoms with Crippen molar-refractivity contribution in [2.24, 2.45) is 0 Å². The van der Waals surface area contributed by atoms with Gasteiger partial charge in [-0.15, -0.1) is 0 Å². The third-order valence-electron chi connectivity index (χ3n) is 1.71. The Balaban J connectivity index is 2.70. The van der Waals surface area contributed by atoms with Crippen LogP contribution in [0.3, 0.4) is 0 Å². The summed E-state index contributed by atoms with van der Waals surface area (Å²) < 4.78 is 5.03. The molecular weight excluding hydrogens is 176 g/mol. The average Bonchev–Trinajstić information content (AvgIpc) is 2.19. The molecule has 1 aromatic carbocycles. The summed E-state index contributed by atoms with van der Waals surface area (Å²) in [6.45, 7) is 1.84. The Labute approximate surface area is 83.6 Å². The molecule has 0 radical (unpaired) electrons. The van der Waals surface area contributed by atoms with Gasteiger partial charge < -0.3 is 10.1 Å². The molecule has 0 aliphatic carbocycles. The Morgan fingerprint density at radius 3 is 2.57 bits per heavy atom. The van der Waals surface area contributed by atoms with Crippen LogP contribution in [0.15, 0.2) is 36.0 Å². The molecule has 0 spiro atoms. The van der Waals surface area contributed by atoms with Crippen molar-refractivity contribution in [3.63, 3.8) is 0 Å². The van der Waals surface area contributed by atoms with Gasteiger partial charge in [0.2, 0.25) is 0 Å². The minimum atomic E-state index is 0.817. The summed E-state index contributed by atoms with van der Waals surface area (Å²) in [5.41, 5.74) is 1.76. The third kappa shape index (κ3) is 2.83. The Hall–Kier alpha value is -1.95. The summed E-state index contributed by atoms with van der Waals surface area (Å²) in [6.07, 6.45) is 1.46. The molecular formula is C11H12N2O. The number of nitrogens with zero attached hydrogens (tertiary/aromatic N) is 1. The first-order valence-corrected chi connectivity index (χ1v) is 4.23. The molecule has 0 bridgehead atoms. The number of nitriles is 1. The summed E-state index contributed by atoms with van der Waals surface area (Å²) in [6, 6.07) is 9.48. The van der Waals surface area contributed by atoms with Crippen molar-refractivity contribution >= 4 is 5.69 Å². The molecule has 3 nitrogen and oxygen atoms in total. The number of hydrogen-bond donors (Lipinski definition) is 1. The van der Waals surface area contributed by atoms with E-state index in [0.717, 1.165) is 17.1 Å². The standard InChI is InChI=1S/C11H12N2O/c1-9(7-8-12)13-10-3-5-11(14-2)6-4-10/h3-7,13H,1-2H3/b9-7-. The number of anilines is 1. The van der Waals surface area contributed by atoms with Gasteiger partial charge >= 0.3 is 0 Å². The van der Waals surface area contributed by atoms with Crippen molar-refractivity contribution in [1.29, 1.82) is 5.26 Å². The van der Waals surface area contributed by atoms with Gasteiger partial charge in [0.25, 0.3) is 0 Å². The van der Waals surface area contributed by atoms with Crippen molar-refractivity contribution in [2.45, 2.75) is 6.92 Å². The first kappa shape index (κ1) is 10.1. The average molecular weight is 188 g/mol. The van der Waals surface area contributed by atoms with E-state index in [2.05, 4.69) is 5.32 Å². The van der Waals surface area contributed by atoms with Crippen LogP contribution in [-0.4, -0.2) is 7.11 Å². The fourth-order valence-corrected chi connectivity index (χ4v) is 1.03. The molecule has 0 saturated heterocycles. The Morgan fingerprint density at radius 2 is 2.07 bits per heavy atom. The quantitative estimate of drug-likeness (QED) is 0.741. The molecule has 0 saturated carbocycles. The topological polar surface area (TPSA) is 45.0 Å². The first-order valence-electron chi connectivity index (χ1n) is 4.23. The van der Waals surface area contributed by atoms with Gasteiger partial charge in [0.15, 0.2) is 0 Å². The van der Waals surface area contributed by atoms with Gasteiger partial charge in [-0.2, -0.15) is 5.26 Å². The van der Waals surface area contributed by atoms with Crippen molar-refractivity contribution < 1.29 is 4.74 Å². The lowest BCUT2D eigenvalue weighted by Gasteiger charge is -2.05. The highest BCUT2D eigenvalue weighted by atomic mass is 16.5. The normalized spacial score (nSPS) is 10.5. The van der Waals surface area contributed by atoms with Crippen LogP contribution in [-0.2, 0) is 0 Å². The van der Waals surface area contributed by atoms with Gasteiger partial charge in [-0.05, 0) is 31.2 Å². The van der Waals surface area contributed by atoms with E-state index in [4.69, 9.17) is 10.00 Å². The molecule has 1 N–H and O–H groups in total. The molecule has 0 amide bonds. The van der Waals surface area contributed by atoms with Gasteiger partial charge in [-0.25, -0.2) is 0 Å². The fraction of sp³-hybridized carbons (Fsp3) is 0.182. The highest BCUT2D eigenvalue weighted by Crippen LogP contribution is 2.16. The van der Waals surface area contributed by atoms with Crippen LogP contribution < -0.4 is 10.1 Å². The second-order valence-electron chi connectivity index (χ2n) is 2.81. The predicted octanol–water partition coefficient (Wildman–Crippen LogP) is 2.53. The fourth-order valence-electron chi connectivity index (χ4n) is 1.03. The number of benzene rings is 1. The summed E-state index contributed by atoms with van der Waals surface area (Å²) >= 11 is 0. The van der Waals surface area contributed by atoms with Crippen molar-refractivity contribution in [2.75, 3.05) is 12.4 Å². The lowest BCUT2D eigenvalue weighted by molar-refractivity contribution is 0.415. The maximum Gasteiger partial charge on any atom is 0.119 e. The summed E-state index contributed by atoms with van der Waals surface area (Å²) in [4.78, 5) is 0. The summed E-state index contributed by atoms with van der Waals surface area (Å²) in [5.74, 6) is 0.817. The van der Waals surface area contributed by atoms with Crippen LogP contribution >= 0.6 is 0 Å². The molecule has 72 valence electrons.